The molecule has 1 amide bonds. The predicted molar refractivity (Wildman–Crippen MR) is 83.2 cm³/mol. The van der Waals surface area contributed by atoms with E-state index < -0.39 is 24.5 Å². The summed E-state index contributed by atoms with van der Waals surface area (Å²) in [6.45, 7) is 1.81. The largest absolute Gasteiger partial charge is 0.449 e. The highest BCUT2D eigenvalue weighted by Crippen LogP contribution is 2.31. The summed E-state index contributed by atoms with van der Waals surface area (Å²) in [5.41, 5.74) is 0.465. The lowest BCUT2D eigenvalue weighted by molar-refractivity contribution is -0.147. The van der Waals surface area contributed by atoms with E-state index >= 15 is 0 Å². The second kappa shape index (κ2) is 7.65. The van der Waals surface area contributed by atoms with Crippen LogP contribution >= 0.6 is 0 Å². The molecule has 0 bridgehead atoms. The number of aliphatic hydroxyl groups is 1. The van der Waals surface area contributed by atoms with Crippen LogP contribution in [0, 0.1) is 5.92 Å². The van der Waals surface area contributed by atoms with Crippen molar-refractivity contribution in [3.05, 3.63) is 30.1 Å². The van der Waals surface area contributed by atoms with Crippen LogP contribution in [0.3, 0.4) is 0 Å². The molecule has 8 heteroatoms. The Hall–Kier alpha value is -2.09. The van der Waals surface area contributed by atoms with Crippen LogP contribution in [0.25, 0.3) is 11.0 Å². The number of nitrogens with one attached hydrogen (secondary N) is 1. The van der Waals surface area contributed by atoms with Crippen LogP contribution in [0.1, 0.15) is 25.6 Å². The van der Waals surface area contributed by atoms with Crippen molar-refractivity contribution >= 4 is 16.9 Å². The summed E-state index contributed by atoms with van der Waals surface area (Å²) in [4.78, 5) is 15.7. The van der Waals surface area contributed by atoms with Gasteiger partial charge in [0.15, 0.2) is 0 Å². The van der Waals surface area contributed by atoms with Crippen molar-refractivity contribution in [3.8, 4) is 0 Å². The number of para-hydroxylation sites is 2. The SMILES string of the molecule is CCC(CCO)CNC(=O)Cn1c(C(F)(F)F)nc2ccccc21. The molecule has 24 heavy (non-hydrogen) atoms. The number of carbonyl (C=O) groups is 1. The van der Waals surface area contributed by atoms with Gasteiger partial charge in [-0.3, -0.25) is 4.79 Å². The number of carbonyl (C=O) groups excluding carboxylic acids is 1. The third-order valence-corrected chi connectivity index (χ3v) is 3.91. The van der Waals surface area contributed by atoms with E-state index in [4.69, 9.17) is 5.11 Å². The van der Waals surface area contributed by atoms with Gasteiger partial charge in [0.05, 0.1) is 11.0 Å². The van der Waals surface area contributed by atoms with E-state index in [2.05, 4.69) is 10.3 Å². The fourth-order valence-electron chi connectivity index (χ4n) is 2.54. The summed E-state index contributed by atoms with van der Waals surface area (Å²) in [6, 6.07) is 6.19. The Morgan fingerprint density at radius 1 is 1.38 bits per heavy atom. The molecule has 0 radical (unpaired) electrons. The molecule has 0 aliphatic carbocycles. The van der Waals surface area contributed by atoms with Crippen molar-refractivity contribution in [3.63, 3.8) is 0 Å². The van der Waals surface area contributed by atoms with Gasteiger partial charge in [-0.05, 0) is 24.5 Å². The summed E-state index contributed by atoms with van der Waals surface area (Å²) in [7, 11) is 0. The average Bonchev–Trinajstić information content (AvgIpc) is 2.90. The highest BCUT2D eigenvalue weighted by atomic mass is 19.4. The number of rotatable bonds is 7. The normalized spacial score (nSPS) is 13.2. The van der Waals surface area contributed by atoms with Crippen molar-refractivity contribution in [2.75, 3.05) is 13.2 Å². The van der Waals surface area contributed by atoms with Gasteiger partial charge in [0.2, 0.25) is 11.7 Å². The molecular weight excluding hydrogens is 323 g/mol. The van der Waals surface area contributed by atoms with Crippen LogP contribution < -0.4 is 5.32 Å². The number of aliphatic hydroxyl groups excluding tert-OH is 1. The minimum Gasteiger partial charge on any atom is -0.396 e. The first kappa shape index (κ1) is 18.3. The predicted octanol–water partition coefficient (Wildman–Crippen LogP) is 2.58. The fraction of sp³-hybridized carbons (Fsp3) is 0.500. The van der Waals surface area contributed by atoms with Gasteiger partial charge in [-0.2, -0.15) is 13.2 Å². The summed E-state index contributed by atoms with van der Waals surface area (Å²) in [5.74, 6) is -1.50. The van der Waals surface area contributed by atoms with E-state index in [1.807, 2.05) is 6.92 Å². The molecule has 0 aliphatic heterocycles. The smallest absolute Gasteiger partial charge is 0.396 e. The second-order valence-electron chi connectivity index (χ2n) is 5.60. The summed E-state index contributed by atoms with van der Waals surface area (Å²) in [6.07, 6.45) is -3.33. The first-order valence-corrected chi connectivity index (χ1v) is 7.76. The van der Waals surface area contributed by atoms with Crippen LogP contribution in [-0.2, 0) is 17.5 Å². The van der Waals surface area contributed by atoms with Gasteiger partial charge < -0.3 is 15.0 Å². The maximum Gasteiger partial charge on any atom is 0.449 e. The second-order valence-corrected chi connectivity index (χ2v) is 5.60. The molecule has 0 fully saturated rings. The molecule has 1 aromatic heterocycles. The van der Waals surface area contributed by atoms with Gasteiger partial charge in [0, 0.05) is 13.2 Å². The molecule has 1 heterocycles. The van der Waals surface area contributed by atoms with Gasteiger partial charge in [-0.15, -0.1) is 0 Å². The lowest BCUT2D eigenvalue weighted by Crippen LogP contribution is -2.33. The number of alkyl halides is 3. The molecule has 0 spiro atoms. The number of hydrogen-bond donors (Lipinski definition) is 2. The number of imidazole rings is 1. The minimum absolute atomic E-state index is 0.0127. The van der Waals surface area contributed by atoms with E-state index in [1.54, 1.807) is 12.1 Å². The molecule has 1 unspecified atom stereocenters. The molecule has 132 valence electrons. The summed E-state index contributed by atoms with van der Waals surface area (Å²) >= 11 is 0. The van der Waals surface area contributed by atoms with Crippen molar-refractivity contribution < 1.29 is 23.1 Å². The van der Waals surface area contributed by atoms with E-state index in [1.165, 1.54) is 12.1 Å². The topological polar surface area (TPSA) is 67.2 Å². The van der Waals surface area contributed by atoms with Gasteiger partial charge in [0.1, 0.15) is 6.54 Å². The Morgan fingerprint density at radius 2 is 2.08 bits per heavy atom. The van der Waals surface area contributed by atoms with E-state index in [0.717, 1.165) is 11.0 Å². The number of hydrogen-bond acceptors (Lipinski definition) is 3. The molecule has 2 aromatic rings. The lowest BCUT2D eigenvalue weighted by Gasteiger charge is -2.15. The van der Waals surface area contributed by atoms with E-state index in [0.29, 0.717) is 13.0 Å². The van der Waals surface area contributed by atoms with Crippen LogP contribution in [0.4, 0.5) is 13.2 Å². The molecule has 2 rings (SSSR count). The molecule has 1 atom stereocenters. The number of fused-ring (bicyclic) bond motifs is 1. The Bertz CT molecular complexity index is 697. The monoisotopic (exact) mass is 343 g/mol. The van der Waals surface area contributed by atoms with E-state index in [-0.39, 0.29) is 23.6 Å². The van der Waals surface area contributed by atoms with Gasteiger partial charge in [-0.25, -0.2) is 4.98 Å². The van der Waals surface area contributed by atoms with Crippen LogP contribution in [0.15, 0.2) is 24.3 Å². The maximum atomic E-state index is 13.2. The minimum atomic E-state index is -4.64. The zero-order chi connectivity index (χ0) is 17.7. The summed E-state index contributed by atoms with van der Waals surface area (Å²) < 4.78 is 40.4. The molecule has 5 nitrogen and oxygen atoms in total. The number of halogens is 3. The molecular formula is C16H20F3N3O2. The van der Waals surface area contributed by atoms with Crippen molar-refractivity contribution in [1.82, 2.24) is 14.9 Å². The van der Waals surface area contributed by atoms with Crippen LogP contribution in [-0.4, -0.2) is 33.7 Å². The third-order valence-electron chi connectivity index (χ3n) is 3.91. The quantitative estimate of drug-likeness (QED) is 0.812. The Balaban J connectivity index is 2.18. The molecule has 2 N–H and O–H groups in total. The van der Waals surface area contributed by atoms with Gasteiger partial charge >= 0.3 is 6.18 Å². The average molecular weight is 343 g/mol. The van der Waals surface area contributed by atoms with E-state index in [9.17, 15) is 18.0 Å². The Morgan fingerprint density at radius 3 is 2.71 bits per heavy atom. The molecule has 1 aromatic carbocycles. The Labute approximate surface area is 137 Å². The lowest BCUT2D eigenvalue weighted by atomic mass is 10.0. The van der Waals surface area contributed by atoms with Crippen molar-refractivity contribution in [2.24, 2.45) is 5.92 Å². The third kappa shape index (κ3) is 4.25. The molecule has 0 aliphatic rings. The highest BCUT2D eigenvalue weighted by molar-refractivity contribution is 5.81. The zero-order valence-corrected chi connectivity index (χ0v) is 13.3. The number of aromatic nitrogens is 2. The van der Waals surface area contributed by atoms with Crippen molar-refractivity contribution in [1.29, 1.82) is 0 Å². The van der Waals surface area contributed by atoms with Gasteiger partial charge in [0.25, 0.3) is 0 Å². The number of benzene rings is 1. The van der Waals surface area contributed by atoms with Crippen LogP contribution in [0.5, 0.6) is 0 Å². The molecule has 0 saturated carbocycles. The van der Waals surface area contributed by atoms with Crippen LogP contribution in [0.2, 0.25) is 0 Å². The molecule has 0 saturated heterocycles. The first-order chi connectivity index (χ1) is 11.4. The zero-order valence-electron chi connectivity index (χ0n) is 13.3. The standard InChI is InChI=1S/C16H20F3N3O2/c1-2-11(7-8-23)9-20-14(24)10-22-13-6-4-3-5-12(13)21-15(22)16(17,18)19/h3-6,11,23H,2,7-10H2,1H3,(H,20,24). The van der Waals surface area contributed by atoms with Crippen molar-refractivity contribution in [2.45, 2.75) is 32.5 Å². The summed E-state index contributed by atoms with van der Waals surface area (Å²) in [5, 5.41) is 11.6. The number of amides is 1. The van der Waals surface area contributed by atoms with Gasteiger partial charge in [-0.1, -0.05) is 25.5 Å². The number of nitrogens with zero attached hydrogens (tertiary/aromatic N) is 2. The Kier molecular flexibility index (Phi) is 5.82. The highest BCUT2D eigenvalue weighted by Gasteiger charge is 2.37. The maximum absolute atomic E-state index is 13.2. The first-order valence-electron chi connectivity index (χ1n) is 7.76. The fourth-order valence-corrected chi connectivity index (χ4v) is 2.54.